The van der Waals surface area contributed by atoms with Gasteiger partial charge >= 0.3 is 0 Å². The summed E-state index contributed by atoms with van der Waals surface area (Å²) in [5.74, 6) is 0.934. The van der Waals surface area contributed by atoms with E-state index < -0.39 is 0 Å². The maximum absolute atomic E-state index is 5.72. The molecule has 0 saturated carbocycles. The van der Waals surface area contributed by atoms with Gasteiger partial charge in [-0.2, -0.15) is 0 Å². The summed E-state index contributed by atoms with van der Waals surface area (Å²) >= 11 is 0. The van der Waals surface area contributed by atoms with E-state index in [0.717, 1.165) is 25.2 Å². The normalized spacial score (nSPS) is 12.5. The molecule has 0 aliphatic heterocycles. The molecule has 0 heterocycles. The first kappa shape index (κ1) is 12.1. The van der Waals surface area contributed by atoms with E-state index in [-0.39, 0.29) is 6.29 Å². The molecule has 0 amide bonds. The topological polar surface area (TPSA) is 18.5 Å². The number of aryl methyl sites for hydroxylation is 1. The second-order valence-electron chi connectivity index (χ2n) is 3.52. The first-order chi connectivity index (χ1) is 7.27. The van der Waals surface area contributed by atoms with Crippen molar-refractivity contribution in [1.82, 2.24) is 0 Å². The monoisotopic (exact) mass is 208 g/mol. The van der Waals surface area contributed by atoms with Gasteiger partial charge in [-0.3, -0.25) is 0 Å². The van der Waals surface area contributed by atoms with E-state index in [9.17, 15) is 0 Å². The highest BCUT2D eigenvalue weighted by atomic mass is 16.7. The molecule has 2 heteroatoms. The summed E-state index contributed by atoms with van der Waals surface area (Å²) in [7, 11) is 0. The van der Waals surface area contributed by atoms with Gasteiger partial charge in [0, 0.05) is 0 Å². The number of benzene rings is 1. The van der Waals surface area contributed by atoms with Crippen LogP contribution in [0.5, 0.6) is 5.75 Å². The summed E-state index contributed by atoms with van der Waals surface area (Å²) in [6.07, 6.45) is 1.83. The third-order valence-electron chi connectivity index (χ3n) is 2.20. The van der Waals surface area contributed by atoms with Gasteiger partial charge in [0.2, 0.25) is 0 Å². The summed E-state index contributed by atoms with van der Waals surface area (Å²) in [6.45, 7) is 6.89. The Morgan fingerprint density at radius 1 is 1.20 bits per heavy atom. The van der Waals surface area contributed by atoms with Gasteiger partial charge in [-0.15, -0.1) is 0 Å². The van der Waals surface area contributed by atoms with Crippen molar-refractivity contribution in [2.24, 2.45) is 0 Å². The highest BCUT2D eigenvalue weighted by molar-refractivity contribution is 5.33. The summed E-state index contributed by atoms with van der Waals surface area (Å²) in [4.78, 5) is 0. The van der Waals surface area contributed by atoms with Gasteiger partial charge < -0.3 is 9.47 Å². The van der Waals surface area contributed by atoms with Crippen LogP contribution in [0.1, 0.15) is 32.8 Å². The van der Waals surface area contributed by atoms with Gasteiger partial charge in [-0.1, -0.05) is 32.0 Å². The molecule has 15 heavy (non-hydrogen) atoms. The number of hydrogen-bond acceptors (Lipinski definition) is 2. The largest absolute Gasteiger partial charge is 0.465 e. The van der Waals surface area contributed by atoms with E-state index >= 15 is 0 Å². The first-order valence-corrected chi connectivity index (χ1v) is 5.64. The van der Waals surface area contributed by atoms with Crippen molar-refractivity contribution in [3.8, 4) is 5.75 Å². The molecule has 0 spiro atoms. The molecular weight excluding hydrogens is 188 g/mol. The molecule has 1 atom stereocenters. The summed E-state index contributed by atoms with van der Waals surface area (Å²) in [6, 6.07) is 8.09. The number of hydrogen-bond donors (Lipinski definition) is 0. The Balaban J connectivity index is 2.55. The number of ether oxygens (including phenoxy) is 2. The number of para-hydroxylation sites is 1. The van der Waals surface area contributed by atoms with Crippen molar-refractivity contribution in [2.45, 2.75) is 39.9 Å². The molecule has 0 saturated heterocycles. The fourth-order valence-corrected chi connectivity index (χ4v) is 1.41. The second-order valence-corrected chi connectivity index (χ2v) is 3.52. The number of rotatable bonds is 6. The molecule has 0 bridgehead atoms. The van der Waals surface area contributed by atoms with Crippen LogP contribution >= 0.6 is 0 Å². The van der Waals surface area contributed by atoms with Crippen LogP contribution in [-0.2, 0) is 11.2 Å². The Morgan fingerprint density at radius 3 is 2.60 bits per heavy atom. The van der Waals surface area contributed by atoms with Gasteiger partial charge in [0.15, 0.2) is 6.29 Å². The van der Waals surface area contributed by atoms with E-state index in [2.05, 4.69) is 19.9 Å². The average molecular weight is 208 g/mol. The van der Waals surface area contributed by atoms with Crippen LogP contribution in [0, 0.1) is 0 Å². The zero-order valence-corrected chi connectivity index (χ0v) is 9.82. The van der Waals surface area contributed by atoms with E-state index in [1.807, 2.05) is 25.1 Å². The van der Waals surface area contributed by atoms with Crippen molar-refractivity contribution in [3.05, 3.63) is 29.8 Å². The van der Waals surface area contributed by atoms with Crippen LogP contribution < -0.4 is 4.74 Å². The second kappa shape index (κ2) is 6.46. The zero-order chi connectivity index (χ0) is 11.1. The summed E-state index contributed by atoms with van der Waals surface area (Å²) in [5.41, 5.74) is 1.23. The van der Waals surface area contributed by atoms with Crippen LogP contribution in [0.3, 0.4) is 0 Å². The minimum absolute atomic E-state index is 0.169. The standard InChI is InChI=1S/C13H20O2/c1-4-10-14-11(3)15-13-9-7-6-8-12(13)5-2/h6-9,11H,4-5,10H2,1-3H3. The highest BCUT2D eigenvalue weighted by Crippen LogP contribution is 2.19. The minimum Gasteiger partial charge on any atom is -0.465 e. The molecule has 0 fully saturated rings. The van der Waals surface area contributed by atoms with Crippen molar-refractivity contribution in [1.29, 1.82) is 0 Å². The molecule has 1 rings (SSSR count). The predicted molar refractivity (Wildman–Crippen MR) is 62.2 cm³/mol. The van der Waals surface area contributed by atoms with Gasteiger partial charge in [-0.05, 0) is 31.4 Å². The Kier molecular flexibility index (Phi) is 5.19. The molecule has 1 unspecified atom stereocenters. The molecule has 0 aromatic heterocycles. The van der Waals surface area contributed by atoms with Gasteiger partial charge in [-0.25, -0.2) is 0 Å². The molecule has 0 aliphatic carbocycles. The van der Waals surface area contributed by atoms with Crippen molar-refractivity contribution < 1.29 is 9.47 Å². The van der Waals surface area contributed by atoms with Gasteiger partial charge in [0.1, 0.15) is 5.75 Å². The van der Waals surface area contributed by atoms with Crippen molar-refractivity contribution in [2.75, 3.05) is 6.61 Å². The maximum Gasteiger partial charge on any atom is 0.196 e. The molecular formula is C13H20O2. The molecule has 1 aromatic carbocycles. The lowest BCUT2D eigenvalue weighted by atomic mass is 10.1. The van der Waals surface area contributed by atoms with Crippen LogP contribution in [-0.4, -0.2) is 12.9 Å². The van der Waals surface area contributed by atoms with E-state index in [4.69, 9.17) is 9.47 Å². The Hall–Kier alpha value is -1.02. The summed E-state index contributed by atoms with van der Waals surface area (Å²) < 4.78 is 11.2. The highest BCUT2D eigenvalue weighted by Gasteiger charge is 2.06. The minimum atomic E-state index is -0.169. The Bertz CT molecular complexity index is 284. The smallest absolute Gasteiger partial charge is 0.196 e. The lowest BCUT2D eigenvalue weighted by Crippen LogP contribution is -2.17. The lowest BCUT2D eigenvalue weighted by Gasteiger charge is -2.17. The fraction of sp³-hybridized carbons (Fsp3) is 0.538. The molecule has 0 N–H and O–H groups in total. The van der Waals surface area contributed by atoms with E-state index in [1.165, 1.54) is 5.56 Å². The third-order valence-corrected chi connectivity index (χ3v) is 2.20. The predicted octanol–water partition coefficient (Wildman–Crippen LogP) is 3.40. The Morgan fingerprint density at radius 2 is 1.93 bits per heavy atom. The maximum atomic E-state index is 5.72. The molecule has 0 aliphatic rings. The third kappa shape index (κ3) is 3.92. The van der Waals surface area contributed by atoms with Crippen molar-refractivity contribution in [3.63, 3.8) is 0 Å². The average Bonchev–Trinajstić information content (AvgIpc) is 2.27. The first-order valence-electron chi connectivity index (χ1n) is 5.64. The fourth-order valence-electron chi connectivity index (χ4n) is 1.41. The SMILES string of the molecule is CCCOC(C)Oc1ccccc1CC. The van der Waals surface area contributed by atoms with E-state index in [1.54, 1.807) is 0 Å². The van der Waals surface area contributed by atoms with Crippen LogP contribution in [0.25, 0.3) is 0 Å². The van der Waals surface area contributed by atoms with Crippen LogP contribution in [0.2, 0.25) is 0 Å². The molecule has 2 nitrogen and oxygen atoms in total. The summed E-state index contributed by atoms with van der Waals surface area (Å²) in [5, 5.41) is 0. The molecule has 84 valence electrons. The van der Waals surface area contributed by atoms with Crippen LogP contribution in [0.4, 0.5) is 0 Å². The van der Waals surface area contributed by atoms with Crippen LogP contribution in [0.15, 0.2) is 24.3 Å². The quantitative estimate of drug-likeness (QED) is 0.667. The lowest BCUT2D eigenvalue weighted by molar-refractivity contribution is -0.0667. The van der Waals surface area contributed by atoms with Crippen molar-refractivity contribution >= 4 is 0 Å². The molecule has 1 aromatic rings. The van der Waals surface area contributed by atoms with Gasteiger partial charge in [0.25, 0.3) is 0 Å². The van der Waals surface area contributed by atoms with Gasteiger partial charge in [0.05, 0.1) is 6.61 Å². The zero-order valence-electron chi connectivity index (χ0n) is 9.82. The molecule has 0 radical (unpaired) electrons. The van der Waals surface area contributed by atoms with E-state index in [0.29, 0.717) is 0 Å². The Labute approximate surface area is 92.2 Å².